The van der Waals surface area contributed by atoms with Gasteiger partial charge in [0.25, 0.3) is 5.91 Å². The Bertz CT molecular complexity index is 551. The maximum atomic E-state index is 14.3. The molecule has 0 atom stereocenters. The Balaban J connectivity index is 1.70. The van der Waals surface area contributed by atoms with Crippen LogP contribution in [0.15, 0.2) is 17.2 Å². The molecule has 21 heavy (non-hydrogen) atoms. The van der Waals surface area contributed by atoms with Gasteiger partial charge in [0, 0.05) is 18.5 Å². The average Bonchev–Trinajstić information content (AvgIpc) is 2.87. The second-order valence-electron chi connectivity index (χ2n) is 5.63. The molecular weight excluding hydrogens is 275 g/mol. The molecule has 1 aromatic rings. The van der Waals surface area contributed by atoms with Gasteiger partial charge in [-0.05, 0) is 19.3 Å². The zero-order valence-corrected chi connectivity index (χ0v) is 11.9. The fourth-order valence-corrected chi connectivity index (χ4v) is 2.77. The van der Waals surface area contributed by atoms with Crippen molar-refractivity contribution in [2.24, 2.45) is 0 Å². The van der Waals surface area contributed by atoms with E-state index in [9.17, 15) is 9.18 Å². The molecule has 2 aliphatic rings. The van der Waals surface area contributed by atoms with Gasteiger partial charge in [-0.2, -0.15) is 0 Å². The molecule has 1 saturated carbocycles. The number of alkyl halides is 1. The number of carbonyl (C=O) groups excluding carboxylic acids is 1. The van der Waals surface area contributed by atoms with Crippen molar-refractivity contribution in [2.75, 3.05) is 13.2 Å². The molecule has 1 amide bonds. The number of carbonyl (C=O) groups is 1. The van der Waals surface area contributed by atoms with E-state index in [0.717, 1.165) is 17.7 Å². The van der Waals surface area contributed by atoms with E-state index in [-0.39, 0.29) is 0 Å². The molecular formula is C15H19FN2O3. The summed E-state index contributed by atoms with van der Waals surface area (Å²) >= 11 is 0. The van der Waals surface area contributed by atoms with Crippen molar-refractivity contribution in [3.8, 4) is 0 Å². The molecule has 2 heterocycles. The Kier molecular flexibility index (Phi) is 3.80. The van der Waals surface area contributed by atoms with E-state index in [4.69, 9.17) is 9.26 Å². The van der Waals surface area contributed by atoms with Gasteiger partial charge in [-0.1, -0.05) is 11.2 Å². The summed E-state index contributed by atoms with van der Waals surface area (Å²) in [5, 5.41) is 3.99. The monoisotopic (exact) mass is 294 g/mol. The number of rotatable bonds is 5. The Labute approximate surface area is 122 Å². The lowest BCUT2D eigenvalue weighted by Gasteiger charge is -2.38. The third-order valence-corrected chi connectivity index (χ3v) is 4.20. The number of hydrogen-bond acceptors (Lipinski definition) is 4. The molecule has 114 valence electrons. The molecule has 1 aliphatic carbocycles. The predicted molar refractivity (Wildman–Crippen MR) is 73.2 cm³/mol. The molecule has 0 bridgehead atoms. The van der Waals surface area contributed by atoms with Crippen LogP contribution in [0.25, 0.3) is 0 Å². The number of amides is 1. The molecule has 1 aliphatic heterocycles. The molecule has 5 nitrogen and oxygen atoms in total. The van der Waals surface area contributed by atoms with E-state index >= 15 is 0 Å². The Hall–Kier alpha value is -1.69. The van der Waals surface area contributed by atoms with Crippen LogP contribution in [0.5, 0.6) is 0 Å². The Morgan fingerprint density at radius 3 is 3.05 bits per heavy atom. The SMILES string of the molecule is C=CCOCc1noc2c1CN(C(=O)C1(F)CCC1)CC2. The second kappa shape index (κ2) is 5.60. The predicted octanol–water partition coefficient (Wildman–Crippen LogP) is 2.15. The molecule has 0 saturated heterocycles. The summed E-state index contributed by atoms with van der Waals surface area (Å²) in [6, 6.07) is 0. The Morgan fingerprint density at radius 2 is 2.38 bits per heavy atom. The summed E-state index contributed by atoms with van der Waals surface area (Å²) in [6.45, 7) is 5.17. The number of aromatic nitrogens is 1. The number of hydrogen-bond donors (Lipinski definition) is 0. The van der Waals surface area contributed by atoms with Crippen molar-refractivity contribution in [1.82, 2.24) is 10.1 Å². The fraction of sp³-hybridized carbons (Fsp3) is 0.600. The van der Waals surface area contributed by atoms with E-state index < -0.39 is 11.6 Å². The summed E-state index contributed by atoms with van der Waals surface area (Å²) in [5.41, 5.74) is -0.0961. The number of ether oxygens (including phenoxy) is 1. The first-order chi connectivity index (χ1) is 10.1. The first-order valence-electron chi connectivity index (χ1n) is 7.27. The molecule has 1 fully saturated rings. The van der Waals surface area contributed by atoms with Crippen molar-refractivity contribution in [2.45, 2.75) is 44.5 Å². The third kappa shape index (κ3) is 2.60. The quantitative estimate of drug-likeness (QED) is 0.617. The highest BCUT2D eigenvalue weighted by Crippen LogP contribution is 2.38. The lowest BCUT2D eigenvalue weighted by Crippen LogP contribution is -2.51. The topological polar surface area (TPSA) is 55.6 Å². The standard InChI is InChI=1S/C15H19FN2O3/c1-2-8-20-10-12-11-9-18(7-4-13(11)21-17-12)14(19)15(16)5-3-6-15/h2H,1,3-10H2. The van der Waals surface area contributed by atoms with E-state index in [1.807, 2.05) is 0 Å². The summed E-state index contributed by atoms with van der Waals surface area (Å²) in [5.74, 6) is 0.385. The third-order valence-electron chi connectivity index (χ3n) is 4.20. The molecule has 0 aromatic carbocycles. The van der Waals surface area contributed by atoms with Crippen molar-refractivity contribution < 1.29 is 18.4 Å². The van der Waals surface area contributed by atoms with Crippen LogP contribution in [-0.2, 0) is 29.1 Å². The fourth-order valence-electron chi connectivity index (χ4n) is 2.77. The first kappa shape index (κ1) is 14.3. The van der Waals surface area contributed by atoms with E-state index in [2.05, 4.69) is 11.7 Å². The van der Waals surface area contributed by atoms with Gasteiger partial charge in [-0.25, -0.2) is 4.39 Å². The van der Waals surface area contributed by atoms with Gasteiger partial charge in [-0.3, -0.25) is 4.79 Å². The molecule has 0 N–H and O–H groups in total. The summed E-state index contributed by atoms with van der Waals surface area (Å²) in [7, 11) is 0. The molecule has 6 heteroatoms. The molecule has 1 aromatic heterocycles. The van der Waals surface area contributed by atoms with E-state index in [1.54, 1.807) is 11.0 Å². The lowest BCUT2D eigenvalue weighted by atomic mass is 9.80. The molecule has 3 rings (SSSR count). The first-order valence-corrected chi connectivity index (χ1v) is 7.27. The van der Waals surface area contributed by atoms with Crippen LogP contribution in [0, 0.1) is 0 Å². The van der Waals surface area contributed by atoms with Crippen LogP contribution < -0.4 is 0 Å². The number of halogens is 1. The maximum absolute atomic E-state index is 14.3. The van der Waals surface area contributed by atoms with Crippen LogP contribution in [0.4, 0.5) is 4.39 Å². The van der Waals surface area contributed by atoms with Gasteiger partial charge in [0.15, 0.2) is 5.67 Å². The zero-order chi connectivity index (χ0) is 14.9. The van der Waals surface area contributed by atoms with Crippen LogP contribution in [-0.4, -0.2) is 34.8 Å². The highest BCUT2D eigenvalue weighted by atomic mass is 19.1. The highest BCUT2D eigenvalue weighted by Gasteiger charge is 2.47. The van der Waals surface area contributed by atoms with Gasteiger partial charge >= 0.3 is 0 Å². The lowest BCUT2D eigenvalue weighted by molar-refractivity contribution is -0.151. The average molecular weight is 294 g/mol. The van der Waals surface area contributed by atoms with Crippen molar-refractivity contribution >= 4 is 5.91 Å². The molecule has 0 unspecified atom stereocenters. The minimum atomic E-state index is -1.64. The van der Waals surface area contributed by atoms with Crippen LogP contribution in [0.3, 0.4) is 0 Å². The number of nitrogens with zero attached hydrogens (tertiary/aromatic N) is 2. The van der Waals surface area contributed by atoms with Crippen molar-refractivity contribution in [1.29, 1.82) is 0 Å². The summed E-state index contributed by atoms with van der Waals surface area (Å²) < 4.78 is 24.9. The van der Waals surface area contributed by atoms with Gasteiger partial charge < -0.3 is 14.2 Å². The van der Waals surface area contributed by atoms with Crippen LogP contribution >= 0.6 is 0 Å². The summed E-state index contributed by atoms with van der Waals surface area (Å²) in [6.07, 6.45) is 3.70. The van der Waals surface area contributed by atoms with Crippen LogP contribution in [0.1, 0.15) is 36.3 Å². The minimum Gasteiger partial charge on any atom is -0.371 e. The summed E-state index contributed by atoms with van der Waals surface area (Å²) in [4.78, 5) is 13.8. The van der Waals surface area contributed by atoms with Gasteiger partial charge in [0.05, 0.1) is 19.8 Å². The highest BCUT2D eigenvalue weighted by molar-refractivity contribution is 5.86. The largest absolute Gasteiger partial charge is 0.371 e. The maximum Gasteiger partial charge on any atom is 0.260 e. The molecule has 0 spiro atoms. The Morgan fingerprint density at radius 1 is 1.57 bits per heavy atom. The second-order valence-corrected chi connectivity index (χ2v) is 5.63. The molecule has 0 radical (unpaired) electrons. The minimum absolute atomic E-state index is 0.313. The van der Waals surface area contributed by atoms with Crippen molar-refractivity contribution in [3.05, 3.63) is 29.7 Å². The van der Waals surface area contributed by atoms with Gasteiger partial charge in [-0.15, -0.1) is 6.58 Å². The van der Waals surface area contributed by atoms with Crippen molar-refractivity contribution in [3.63, 3.8) is 0 Å². The van der Waals surface area contributed by atoms with Gasteiger partial charge in [0.2, 0.25) is 0 Å². The van der Waals surface area contributed by atoms with E-state index in [0.29, 0.717) is 51.3 Å². The number of fused-ring (bicyclic) bond motifs is 1. The normalized spacial score (nSPS) is 19.8. The zero-order valence-electron chi connectivity index (χ0n) is 11.9. The van der Waals surface area contributed by atoms with E-state index in [1.165, 1.54) is 0 Å². The van der Waals surface area contributed by atoms with Gasteiger partial charge in [0.1, 0.15) is 11.5 Å². The van der Waals surface area contributed by atoms with Crippen LogP contribution in [0.2, 0.25) is 0 Å². The smallest absolute Gasteiger partial charge is 0.260 e.